The molecule has 7 heteroatoms. The van der Waals surface area contributed by atoms with Crippen molar-refractivity contribution in [3.8, 4) is 0 Å². The van der Waals surface area contributed by atoms with Crippen molar-refractivity contribution in [1.29, 1.82) is 0 Å². The lowest BCUT2D eigenvalue weighted by Gasteiger charge is -2.06. The first-order valence-corrected chi connectivity index (χ1v) is 3.49. The Bertz CT molecular complexity index is 318. The summed E-state index contributed by atoms with van der Waals surface area (Å²) in [6.07, 6.45) is 0. The van der Waals surface area contributed by atoms with E-state index < -0.39 is 29.9 Å². The summed E-state index contributed by atoms with van der Waals surface area (Å²) in [5.74, 6) is -1.42. The Hall–Kier alpha value is -1.92. The van der Waals surface area contributed by atoms with Gasteiger partial charge in [-0.2, -0.15) is 0 Å². The molecule has 1 N–H and O–H groups in total. The Labute approximate surface area is 72.3 Å². The van der Waals surface area contributed by atoms with Gasteiger partial charge < -0.3 is 0 Å². The maximum absolute atomic E-state index is 11.2. The van der Waals surface area contributed by atoms with Crippen LogP contribution in [0.4, 0.5) is 9.59 Å². The molecule has 6 amide bonds. The third-order valence-electron chi connectivity index (χ3n) is 2.01. The minimum Gasteiger partial charge on any atom is -0.275 e. The summed E-state index contributed by atoms with van der Waals surface area (Å²) in [7, 11) is 1.23. The molecule has 2 aliphatic rings. The lowest BCUT2D eigenvalue weighted by atomic mass is 10.3. The van der Waals surface area contributed by atoms with Crippen molar-refractivity contribution in [2.24, 2.45) is 0 Å². The number of likely N-dealkylation sites (N-methyl/N-ethyl adjacent to an activating group) is 1. The minimum atomic E-state index is -1.29. The fraction of sp³-hybridized carbons (Fsp3) is 0.333. The van der Waals surface area contributed by atoms with Crippen molar-refractivity contribution >= 4 is 23.9 Å². The highest BCUT2D eigenvalue weighted by molar-refractivity contribution is 6.27. The Kier molecular flexibility index (Phi) is 1.22. The number of hydrogen-bond donors (Lipinski definition) is 1. The van der Waals surface area contributed by atoms with E-state index in [-0.39, 0.29) is 0 Å². The van der Waals surface area contributed by atoms with Crippen LogP contribution >= 0.6 is 0 Å². The number of rotatable bonds is 0. The quantitative estimate of drug-likeness (QED) is 0.365. The molecular weight excluding hydrogens is 178 g/mol. The summed E-state index contributed by atoms with van der Waals surface area (Å²) in [6, 6.07) is -2.89. The molecule has 0 aromatic rings. The molecular formula is C6H5N3O4. The fourth-order valence-corrected chi connectivity index (χ4v) is 1.33. The number of urea groups is 2. The molecule has 1 unspecified atom stereocenters. The van der Waals surface area contributed by atoms with Crippen LogP contribution in [0.3, 0.4) is 0 Å². The molecule has 13 heavy (non-hydrogen) atoms. The third-order valence-corrected chi connectivity index (χ3v) is 2.01. The summed E-state index contributed by atoms with van der Waals surface area (Å²) >= 11 is 0. The summed E-state index contributed by atoms with van der Waals surface area (Å²) in [6.45, 7) is 0. The van der Waals surface area contributed by atoms with Gasteiger partial charge in [-0.3, -0.25) is 19.8 Å². The molecule has 0 aliphatic carbocycles. The van der Waals surface area contributed by atoms with Crippen molar-refractivity contribution in [2.45, 2.75) is 6.04 Å². The van der Waals surface area contributed by atoms with Gasteiger partial charge in [-0.15, -0.1) is 0 Å². The number of fused-ring (bicyclic) bond motifs is 1. The summed E-state index contributed by atoms with van der Waals surface area (Å²) < 4.78 is 0. The molecule has 2 saturated heterocycles. The second-order valence-electron chi connectivity index (χ2n) is 2.75. The Morgan fingerprint density at radius 1 is 1.23 bits per heavy atom. The van der Waals surface area contributed by atoms with Crippen molar-refractivity contribution in [2.75, 3.05) is 7.05 Å². The Morgan fingerprint density at radius 2 is 1.85 bits per heavy atom. The molecule has 0 radical (unpaired) electrons. The summed E-state index contributed by atoms with van der Waals surface area (Å²) in [5.41, 5.74) is 0. The van der Waals surface area contributed by atoms with E-state index in [9.17, 15) is 19.2 Å². The van der Waals surface area contributed by atoms with Gasteiger partial charge in [0, 0.05) is 7.05 Å². The second kappa shape index (κ2) is 2.06. The summed E-state index contributed by atoms with van der Waals surface area (Å²) in [5, 5.41) is 1.88. The molecule has 0 saturated carbocycles. The molecule has 1 atom stereocenters. The summed E-state index contributed by atoms with van der Waals surface area (Å²) in [4.78, 5) is 45.7. The predicted octanol–water partition coefficient (Wildman–Crippen LogP) is -1.50. The van der Waals surface area contributed by atoms with Crippen LogP contribution in [-0.4, -0.2) is 46.8 Å². The second-order valence-corrected chi connectivity index (χ2v) is 2.75. The van der Waals surface area contributed by atoms with Crippen LogP contribution in [0.15, 0.2) is 0 Å². The molecule has 2 fully saturated rings. The van der Waals surface area contributed by atoms with Gasteiger partial charge in [-0.05, 0) is 0 Å². The van der Waals surface area contributed by atoms with Crippen molar-refractivity contribution < 1.29 is 19.2 Å². The molecule has 2 rings (SSSR count). The maximum Gasteiger partial charge on any atom is 0.335 e. The van der Waals surface area contributed by atoms with Crippen molar-refractivity contribution in [3.63, 3.8) is 0 Å². The Balaban J connectivity index is 2.47. The average Bonchev–Trinajstić information content (AvgIpc) is 2.47. The number of amides is 6. The van der Waals surface area contributed by atoms with Crippen LogP contribution in [0.25, 0.3) is 0 Å². The van der Waals surface area contributed by atoms with E-state index >= 15 is 0 Å². The van der Waals surface area contributed by atoms with E-state index in [2.05, 4.69) is 0 Å². The van der Waals surface area contributed by atoms with Crippen LogP contribution in [-0.2, 0) is 9.59 Å². The van der Waals surface area contributed by atoms with E-state index in [1.165, 1.54) is 7.05 Å². The van der Waals surface area contributed by atoms with Crippen LogP contribution in [0, 0.1) is 0 Å². The maximum atomic E-state index is 11.2. The fourth-order valence-electron chi connectivity index (χ4n) is 1.33. The first-order chi connectivity index (χ1) is 6.04. The van der Waals surface area contributed by atoms with Gasteiger partial charge >= 0.3 is 12.1 Å². The zero-order valence-electron chi connectivity index (χ0n) is 6.60. The van der Waals surface area contributed by atoms with E-state index in [1.54, 1.807) is 0 Å². The van der Waals surface area contributed by atoms with Gasteiger partial charge in [0.25, 0.3) is 11.8 Å². The molecule has 68 valence electrons. The number of carbonyl (C=O) groups excluding carboxylic acids is 4. The van der Waals surface area contributed by atoms with E-state index in [4.69, 9.17) is 0 Å². The van der Waals surface area contributed by atoms with Gasteiger partial charge in [-0.1, -0.05) is 0 Å². The van der Waals surface area contributed by atoms with Gasteiger partial charge in [0.2, 0.25) is 6.04 Å². The smallest absolute Gasteiger partial charge is 0.275 e. The monoisotopic (exact) mass is 183 g/mol. The SMILES string of the molecule is CN1C(=O)C2C(=O)NC(=O)N2C1=O. The number of nitrogens with one attached hydrogen (secondary N) is 1. The normalized spacial score (nSPS) is 27.0. The van der Waals surface area contributed by atoms with E-state index in [0.29, 0.717) is 4.90 Å². The van der Waals surface area contributed by atoms with E-state index in [1.807, 2.05) is 5.32 Å². The van der Waals surface area contributed by atoms with Gasteiger partial charge in [0.05, 0.1) is 0 Å². The van der Waals surface area contributed by atoms with Gasteiger partial charge in [0.15, 0.2) is 0 Å². The van der Waals surface area contributed by atoms with Crippen LogP contribution in [0.5, 0.6) is 0 Å². The van der Waals surface area contributed by atoms with Crippen molar-refractivity contribution in [3.05, 3.63) is 0 Å². The average molecular weight is 183 g/mol. The molecule has 2 aliphatic heterocycles. The number of hydrogen-bond acceptors (Lipinski definition) is 4. The number of nitrogens with zero attached hydrogens (tertiary/aromatic N) is 2. The van der Waals surface area contributed by atoms with Crippen LogP contribution < -0.4 is 5.32 Å². The molecule has 2 heterocycles. The number of carbonyl (C=O) groups is 4. The molecule has 0 bridgehead atoms. The van der Waals surface area contributed by atoms with Gasteiger partial charge in [-0.25, -0.2) is 14.5 Å². The standard InChI is InChI=1S/C6H5N3O4/c1-8-4(11)2-3(10)7-5(12)9(2)6(8)13/h2H,1H3,(H,7,10,12). The molecule has 7 nitrogen and oxygen atoms in total. The van der Waals surface area contributed by atoms with Crippen LogP contribution in [0.2, 0.25) is 0 Å². The predicted molar refractivity (Wildman–Crippen MR) is 37.3 cm³/mol. The first kappa shape index (κ1) is 7.71. The van der Waals surface area contributed by atoms with E-state index in [0.717, 1.165) is 4.90 Å². The highest BCUT2D eigenvalue weighted by Gasteiger charge is 2.55. The highest BCUT2D eigenvalue weighted by atomic mass is 16.2. The topological polar surface area (TPSA) is 86.8 Å². The van der Waals surface area contributed by atoms with Gasteiger partial charge in [0.1, 0.15) is 0 Å². The molecule has 0 aromatic heterocycles. The molecule has 0 aromatic carbocycles. The zero-order valence-corrected chi connectivity index (χ0v) is 6.60. The highest BCUT2D eigenvalue weighted by Crippen LogP contribution is 2.20. The van der Waals surface area contributed by atoms with Crippen LogP contribution in [0.1, 0.15) is 0 Å². The zero-order chi connectivity index (χ0) is 9.75. The largest absolute Gasteiger partial charge is 0.335 e. The lowest BCUT2D eigenvalue weighted by molar-refractivity contribution is -0.132. The third kappa shape index (κ3) is 0.727. The number of imide groups is 3. The first-order valence-electron chi connectivity index (χ1n) is 3.49. The van der Waals surface area contributed by atoms with Crippen molar-refractivity contribution in [1.82, 2.24) is 15.1 Å². The molecule has 0 spiro atoms. The lowest BCUT2D eigenvalue weighted by Crippen LogP contribution is -2.36. The Morgan fingerprint density at radius 3 is 2.38 bits per heavy atom. The minimum absolute atomic E-state index is 0.616.